The van der Waals surface area contributed by atoms with Crippen LogP contribution < -0.4 is 5.73 Å². The molecule has 0 spiro atoms. The van der Waals surface area contributed by atoms with E-state index >= 15 is 0 Å². The standard InChI is InChI=1S/C8H7BrF2N2O2/c9-5-3(1-12)6(7(10)11)13-2-4(5)8(14)15/h2,7H,1,12H2,(H,14,15). The number of nitrogens with zero attached hydrogens (tertiary/aromatic N) is 1. The molecule has 82 valence electrons. The van der Waals surface area contributed by atoms with E-state index in [2.05, 4.69) is 20.9 Å². The maximum atomic E-state index is 12.4. The lowest BCUT2D eigenvalue weighted by molar-refractivity contribution is 0.0694. The fourth-order valence-corrected chi connectivity index (χ4v) is 1.71. The van der Waals surface area contributed by atoms with Crippen LogP contribution in [0, 0.1) is 0 Å². The van der Waals surface area contributed by atoms with Crippen LogP contribution in [-0.2, 0) is 6.54 Å². The zero-order valence-corrected chi connectivity index (χ0v) is 8.96. The van der Waals surface area contributed by atoms with Crippen LogP contribution in [0.1, 0.15) is 28.0 Å². The third kappa shape index (κ3) is 2.29. The Balaban J connectivity index is 3.39. The molecule has 0 aliphatic rings. The largest absolute Gasteiger partial charge is 0.478 e. The lowest BCUT2D eigenvalue weighted by Gasteiger charge is -2.09. The van der Waals surface area contributed by atoms with Gasteiger partial charge in [-0.05, 0) is 15.9 Å². The van der Waals surface area contributed by atoms with Gasteiger partial charge < -0.3 is 10.8 Å². The van der Waals surface area contributed by atoms with E-state index in [0.717, 1.165) is 6.20 Å². The number of alkyl halides is 2. The third-order valence-corrected chi connectivity index (χ3v) is 2.69. The molecule has 1 aromatic rings. The number of pyridine rings is 1. The second-order valence-electron chi connectivity index (χ2n) is 2.66. The van der Waals surface area contributed by atoms with Gasteiger partial charge in [0.1, 0.15) is 5.69 Å². The van der Waals surface area contributed by atoms with E-state index < -0.39 is 18.1 Å². The van der Waals surface area contributed by atoms with Gasteiger partial charge in [0.2, 0.25) is 0 Å². The SMILES string of the molecule is NCc1c(C(F)F)ncc(C(=O)O)c1Br. The highest BCUT2D eigenvalue weighted by Crippen LogP contribution is 2.29. The lowest BCUT2D eigenvalue weighted by Crippen LogP contribution is -2.10. The molecule has 7 heteroatoms. The van der Waals surface area contributed by atoms with Crippen molar-refractivity contribution in [2.75, 3.05) is 0 Å². The number of nitrogens with two attached hydrogens (primary N) is 1. The number of carboxylic acid groups (broad SMARTS) is 1. The number of aromatic carboxylic acids is 1. The molecule has 1 heterocycles. The molecular formula is C8H7BrF2N2O2. The van der Waals surface area contributed by atoms with Crippen LogP contribution in [0.5, 0.6) is 0 Å². The number of aromatic nitrogens is 1. The van der Waals surface area contributed by atoms with Gasteiger partial charge in [0.25, 0.3) is 6.43 Å². The zero-order valence-electron chi connectivity index (χ0n) is 7.38. The molecule has 0 fully saturated rings. The van der Waals surface area contributed by atoms with E-state index in [1.165, 1.54) is 0 Å². The Kier molecular flexibility index (Phi) is 3.70. The summed E-state index contributed by atoms with van der Waals surface area (Å²) in [5, 5.41) is 8.72. The first-order chi connectivity index (χ1) is 6.99. The number of hydrogen-bond acceptors (Lipinski definition) is 3. The molecule has 1 aromatic heterocycles. The molecule has 0 aliphatic heterocycles. The summed E-state index contributed by atoms with van der Waals surface area (Å²) in [6, 6.07) is 0. The zero-order chi connectivity index (χ0) is 11.6. The van der Waals surface area contributed by atoms with E-state index in [0.29, 0.717) is 0 Å². The monoisotopic (exact) mass is 280 g/mol. The quantitative estimate of drug-likeness (QED) is 0.887. The summed E-state index contributed by atoms with van der Waals surface area (Å²) in [5.74, 6) is -1.25. The van der Waals surface area contributed by atoms with Gasteiger partial charge in [0.15, 0.2) is 0 Å². The molecule has 0 saturated carbocycles. The molecule has 0 bridgehead atoms. The number of rotatable bonds is 3. The molecule has 0 radical (unpaired) electrons. The Morgan fingerprint density at radius 2 is 2.27 bits per heavy atom. The van der Waals surface area contributed by atoms with Gasteiger partial charge in [-0.15, -0.1) is 0 Å². The van der Waals surface area contributed by atoms with Crippen molar-refractivity contribution < 1.29 is 18.7 Å². The summed E-state index contributed by atoms with van der Waals surface area (Å²) in [7, 11) is 0. The van der Waals surface area contributed by atoms with Gasteiger partial charge in [-0.2, -0.15) is 0 Å². The van der Waals surface area contributed by atoms with Crippen molar-refractivity contribution in [3.8, 4) is 0 Å². The molecule has 15 heavy (non-hydrogen) atoms. The first-order valence-electron chi connectivity index (χ1n) is 3.87. The second-order valence-corrected chi connectivity index (χ2v) is 3.45. The van der Waals surface area contributed by atoms with Crippen molar-refractivity contribution in [1.29, 1.82) is 0 Å². The number of carbonyl (C=O) groups is 1. The summed E-state index contributed by atoms with van der Waals surface area (Å²) in [6.45, 7) is -0.200. The highest BCUT2D eigenvalue weighted by molar-refractivity contribution is 9.10. The van der Waals surface area contributed by atoms with Gasteiger partial charge >= 0.3 is 5.97 Å². The maximum absolute atomic E-state index is 12.4. The predicted octanol–water partition coefficient (Wildman–Crippen LogP) is 1.94. The Morgan fingerprint density at radius 1 is 1.67 bits per heavy atom. The normalized spacial score (nSPS) is 10.7. The molecule has 0 aliphatic carbocycles. The molecular weight excluding hydrogens is 274 g/mol. The maximum Gasteiger partial charge on any atom is 0.338 e. The average molecular weight is 281 g/mol. The van der Waals surface area contributed by atoms with Crippen molar-refractivity contribution >= 4 is 21.9 Å². The van der Waals surface area contributed by atoms with Gasteiger partial charge in [-0.1, -0.05) is 0 Å². The van der Waals surface area contributed by atoms with Crippen molar-refractivity contribution in [2.45, 2.75) is 13.0 Å². The van der Waals surface area contributed by atoms with Gasteiger partial charge in [0.05, 0.1) is 5.56 Å². The number of halogens is 3. The van der Waals surface area contributed by atoms with Crippen LogP contribution >= 0.6 is 15.9 Å². The van der Waals surface area contributed by atoms with E-state index in [1.807, 2.05) is 0 Å². The molecule has 1 rings (SSSR count). The Hall–Kier alpha value is -1.08. The Morgan fingerprint density at radius 3 is 2.67 bits per heavy atom. The van der Waals surface area contributed by atoms with Gasteiger partial charge in [-0.25, -0.2) is 13.6 Å². The van der Waals surface area contributed by atoms with Crippen LogP contribution in [0.3, 0.4) is 0 Å². The summed E-state index contributed by atoms with van der Waals surface area (Å²) in [5.41, 5.74) is 4.61. The van der Waals surface area contributed by atoms with Crippen molar-refractivity contribution in [3.05, 3.63) is 27.5 Å². The minimum absolute atomic E-state index is 0.0184. The molecule has 0 unspecified atom stereocenters. The molecule has 0 amide bonds. The lowest BCUT2D eigenvalue weighted by atomic mass is 10.1. The van der Waals surface area contributed by atoms with Gasteiger partial charge in [0, 0.05) is 22.8 Å². The van der Waals surface area contributed by atoms with Gasteiger partial charge in [-0.3, -0.25) is 4.98 Å². The van der Waals surface area contributed by atoms with E-state index in [-0.39, 0.29) is 22.1 Å². The van der Waals surface area contributed by atoms with Crippen LogP contribution in [0.2, 0.25) is 0 Å². The molecule has 0 aromatic carbocycles. The molecule has 3 N–H and O–H groups in total. The fraction of sp³-hybridized carbons (Fsp3) is 0.250. The minimum Gasteiger partial charge on any atom is -0.478 e. The number of hydrogen-bond donors (Lipinski definition) is 2. The van der Waals surface area contributed by atoms with Crippen LogP contribution in [0.25, 0.3) is 0 Å². The highest BCUT2D eigenvalue weighted by atomic mass is 79.9. The van der Waals surface area contributed by atoms with Crippen molar-refractivity contribution in [3.63, 3.8) is 0 Å². The first-order valence-corrected chi connectivity index (χ1v) is 4.67. The smallest absolute Gasteiger partial charge is 0.338 e. The van der Waals surface area contributed by atoms with E-state index in [9.17, 15) is 13.6 Å². The highest BCUT2D eigenvalue weighted by Gasteiger charge is 2.21. The molecule has 0 atom stereocenters. The van der Waals surface area contributed by atoms with Crippen LogP contribution in [-0.4, -0.2) is 16.1 Å². The summed E-state index contributed by atoms with van der Waals surface area (Å²) < 4.78 is 24.9. The summed E-state index contributed by atoms with van der Waals surface area (Å²) in [4.78, 5) is 14.1. The third-order valence-electron chi connectivity index (χ3n) is 1.78. The van der Waals surface area contributed by atoms with Crippen LogP contribution in [0.15, 0.2) is 10.7 Å². The van der Waals surface area contributed by atoms with Crippen molar-refractivity contribution in [1.82, 2.24) is 4.98 Å². The topological polar surface area (TPSA) is 76.2 Å². The Labute approximate surface area is 92.2 Å². The predicted molar refractivity (Wildman–Crippen MR) is 51.7 cm³/mol. The summed E-state index contributed by atoms with van der Waals surface area (Å²) in [6.07, 6.45) is -1.89. The fourth-order valence-electron chi connectivity index (χ4n) is 1.08. The first kappa shape index (κ1) is 12.0. The summed E-state index contributed by atoms with van der Waals surface area (Å²) >= 11 is 2.93. The van der Waals surface area contributed by atoms with E-state index in [1.54, 1.807) is 0 Å². The van der Waals surface area contributed by atoms with E-state index in [4.69, 9.17) is 10.8 Å². The minimum atomic E-state index is -2.78. The van der Waals surface area contributed by atoms with Crippen molar-refractivity contribution in [2.24, 2.45) is 5.73 Å². The molecule has 0 saturated heterocycles. The average Bonchev–Trinajstić information content (AvgIpc) is 2.16. The second kappa shape index (κ2) is 4.63. The van der Waals surface area contributed by atoms with Crippen LogP contribution in [0.4, 0.5) is 8.78 Å². The molecule has 4 nitrogen and oxygen atoms in total. The number of carboxylic acids is 1. The Bertz CT molecular complexity index is 398.